The van der Waals surface area contributed by atoms with Gasteiger partial charge in [-0.15, -0.1) is 0 Å². The maximum Gasteiger partial charge on any atom is 0.325 e. The van der Waals surface area contributed by atoms with Crippen molar-refractivity contribution in [3.05, 3.63) is 33.4 Å². The molecular weight excluding hydrogens is 461 g/mol. The highest BCUT2D eigenvalue weighted by molar-refractivity contribution is 14.1. The summed E-state index contributed by atoms with van der Waals surface area (Å²) in [7, 11) is -0.426. The summed E-state index contributed by atoms with van der Waals surface area (Å²) in [6.45, 7) is 12.2. The van der Waals surface area contributed by atoms with E-state index in [2.05, 4.69) is 80.7 Å². The minimum absolute atomic E-state index is 0.128. The largest absolute Gasteiger partial charge is 0.468 e. The molecule has 1 aromatic rings. The molecule has 5 nitrogen and oxygen atoms in total. The number of nitrogens with zero attached hydrogens (tertiary/aromatic N) is 1. The smallest absolute Gasteiger partial charge is 0.325 e. The van der Waals surface area contributed by atoms with E-state index in [9.17, 15) is 4.79 Å². The lowest BCUT2D eigenvalue weighted by Crippen LogP contribution is -2.42. The van der Waals surface area contributed by atoms with Crippen LogP contribution in [0.5, 0.6) is 0 Å². The molecule has 2 unspecified atom stereocenters. The lowest BCUT2D eigenvalue weighted by Gasteiger charge is -2.36. The van der Waals surface area contributed by atoms with Crippen LogP contribution in [0.15, 0.2) is 24.3 Å². The zero-order valence-electron chi connectivity index (χ0n) is 16.5. The van der Waals surface area contributed by atoms with Crippen molar-refractivity contribution in [1.82, 2.24) is 5.06 Å². The van der Waals surface area contributed by atoms with E-state index in [-0.39, 0.29) is 17.1 Å². The second-order valence-electron chi connectivity index (χ2n) is 8.28. The highest BCUT2D eigenvalue weighted by atomic mass is 127. The summed E-state index contributed by atoms with van der Waals surface area (Å²) in [6.07, 6.45) is 0.461. The Labute approximate surface area is 171 Å². The van der Waals surface area contributed by atoms with Gasteiger partial charge in [-0.3, -0.25) is 9.63 Å². The lowest BCUT2D eigenvalue weighted by molar-refractivity contribution is -0.188. The summed E-state index contributed by atoms with van der Waals surface area (Å²) >= 11 is 2.28. The zero-order chi connectivity index (χ0) is 19.5. The van der Waals surface area contributed by atoms with Gasteiger partial charge in [-0.2, -0.15) is 5.06 Å². The van der Waals surface area contributed by atoms with E-state index in [1.165, 1.54) is 10.7 Å². The van der Waals surface area contributed by atoms with Gasteiger partial charge in [0, 0.05) is 9.99 Å². The van der Waals surface area contributed by atoms with Gasteiger partial charge in [0.05, 0.1) is 20.3 Å². The Balaban J connectivity index is 2.03. The number of halogens is 1. The molecule has 0 amide bonds. The average Bonchev–Trinajstić information content (AvgIpc) is 2.96. The number of hydroxylamine groups is 2. The van der Waals surface area contributed by atoms with E-state index < -0.39 is 14.4 Å². The van der Waals surface area contributed by atoms with Crippen LogP contribution in [-0.2, 0) is 25.3 Å². The molecule has 2 rings (SSSR count). The van der Waals surface area contributed by atoms with E-state index in [1.807, 2.05) is 0 Å². The molecule has 1 fully saturated rings. The number of ether oxygens (including phenoxy) is 1. The van der Waals surface area contributed by atoms with Gasteiger partial charge in [-0.25, -0.2) is 0 Å². The summed E-state index contributed by atoms with van der Waals surface area (Å²) in [6, 6.07) is 7.82. The average molecular weight is 491 g/mol. The fourth-order valence-corrected chi connectivity index (χ4v) is 3.95. The predicted molar refractivity (Wildman–Crippen MR) is 113 cm³/mol. The molecule has 146 valence electrons. The van der Waals surface area contributed by atoms with Crippen LogP contribution < -0.4 is 0 Å². The highest BCUT2D eigenvalue weighted by Gasteiger charge is 2.42. The van der Waals surface area contributed by atoms with Gasteiger partial charge in [-0.1, -0.05) is 32.9 Å². The van der Waals surface area contributed by atoms with E-state index in [4.69, 9.17) is 14.0 Å². The fourth-order valence-electron chi connectivity index (χ4n) is 2.56. The summed E-state index contributed by atoms with van der Waals surface area (Å²) in [4.78, 5) is 18.3. The first-order chi connectivity index (χ1) is 12.0. The van der Waals surface area contributed by atoms with Crippen LogP contribution in [0.2, 0.25) is 18.1 Å². The molecule has 26 heavy (non-hydrogen) atoms. The summed E-state index contributed by atoms with van der Waals surface area (Å²) in [5.74, 6) is -0.259. The van der Waals surface area contributed by atoms with Crippen molar-refractivity contribution in [1.29, 1.82) is 0 Å². The zero-order valence-corrected chi connectivity index (χ0v) is 19.7. The van der Waals surface area contributed by atoms with E-state index in [0.717, 1.165) is 5.56 Å². The third kappa shape index (κ3) is 5.51. The van der Waals surface area contributed by atoms with Gasteiger partial charge >= 0.3 is 5.97 Å². The lowest BCUT2D eigenvalue weighted by atomic mass is 10.1. The standard InChI is InChI=1S/C19H30INO4Si/c1-19(2,3)26(5,6)24-13-16-11-17(18(22)23-4)21(25-16)12-14-7-9-15(20)10-8-14/h7-10,16-17H,11-13H2,1-6H3. The minimum atomic E-state index is -1.85. The SMILES string of the molecule is COC(=O)C1CC(CO[Si](C)(C)C(C)(C)C)ON1Cc1ccc(I)cc1. The summed E-state index contributed by atoms with van der Waals surface area (Å²) in [5, 5.41) is 1.89. The fraction of sp³-hybridized carbons (Fsp3) is 0.632. The molecule has 1 aromatic carbocycles. The number of carbonyl (C=O) groups excluding carboxylic acids is 1. The Morgan fingerprint density at radius 2 is 1.92 bits per heavy atom. The van der Waals surface area contributed by atoms with Gasteiger partial charge in [0.2, 0.25) is 0 Å². The molecule has 2 atom stereocenters. The maximum atomic E-state index is 12.2. The van der Waals surface area contributed by atoms with Crippen molar-refractivity contribution in [3.8, 4) is 0 Å². The Hall–Kier alpha value is -0.483. The van der Waals surface area contributed by atoms with Crippen LogP contribution in [-0.4, -0.2) is 45.2 Å². The molecule has 7 heteroatoms. The molecule has 0 saturated carbocycles. The third-order valence-corrected chi connectivity index (χ3v) is 10.5. The van der Waals surface area contributed by atoms with Crippen molar-refractivity contribution in [2.45, 2.75) is 64.0 Å². The first-order valence-electron chi connectivity index (χ1n) is 8.93. The Kier molecular flexibility index (Phi) is 7.28. The molecule has 0 aliphatic carbocycles. The maximum absolute atomic E-state index is 12.2. The van der Waals surface area contributed by atoms with Crippen LogP contribution in [0.1, 0.15) is 32.8 Å². The van der Waals surface area contributed by atoms with Gasteiger partial charge in [-0.05, 0) is 58.4 Å². The predicted octanol–water partition coefficient (Wildman–Crippen LogP) is 4.36. The molecule has 0 aromatic heterocycles. The molecule has 0 N–H and O–H groups in total. The monoisotopic (exact) mass is 491 g/mol. The number of benzene rings is 1. The van der Waals surface area contributed by atoms with E-state index in [0.29, 0.717) is 19.6 Å². The second-order valence-corrected chi connectivity index (χ2v) is 14.3. The minimum Gasteiger partial charge on any atom is -0.468 e. The van der Waals surface area contributed by atoms with Crippen molar-refractivity contribution in [2.75, 3.05) is 13.7 Å². The van der Waals surface area contributed by atoms with Crippen LogP contribution in [0.25, 0.3) is 0 Å². The van der Waals surface area contributed by atoms with Crippen molar-refractivity contribution in [2.24, 2.45) is 0 Å². The van der Waals surface area contributed by atoms with Crippen molar-refractivity contribution >= 4 is 36.9 Å². The van der Waals surface area contributed by atoms with Crippen LogP contribution in [0.3, 0.4) is 0 Å². The quantitative estimate of drug-likeness (QED) is 0.336. The molecule has 1 heterocycles. The summed E-state index contributed by atoms with van der Waals surface area (Å²) < 4.78 is 12.4. The Bertz CT molecular complexity index is 615. The van der Waals surface area contributed by atoms with E-state index in [1.54, 1.807) is 5.06 Å². The van der Waals surface area contributed by atoms with Gasteiger partial charge in [0.25, 0.3) is 0 Å². The number of methoxy groups -OCH3 is 1. The molecule has 1 aliphatic rings. The topological polar surface area (TPSA) is 48.0 Å². The van der Waals surface area contributed by atoms with Gasteiger partial charge < -0.3 is 9.16 Å². The number of esters is 1. The highest BCUT2D eigenvalue weighted by Crippen LogP contribution is 2.37. The number of rotatable bonds is 6. The van der Waals surface area contributed by atoms with Crippen LogP contribution in [0.4, 0.5) is 0 Å². The number of hydrogen-bond donors (Lipinski definition) is 0. The normalized spacial score (nSPS) is 21.8. The number of hydrogen-bond acceptors (Lipinski definition) is 5. The summed E-state index contributed by atoms with van der Waals surface area (Å²) in [5.41, 5.74) is 1.10. The van der Waals surface area contributed by atoms with Crippen LogP contribution in [0, 0.1) is 3.57 Å². The Morgan fingerprint density at radius 3 is 2.46 bits per heavy atom. The molecule has 1 aliphatic heterocycles. The molecule has 0 radical (unpaired) electrons. The third-order valence-electron chi connectivity index (χ3n) is 5.28. The van der Waals surface area contributed by atoms with Crippen molar-refractivity contribution in [3.63, 3.8) is 0 Å². The molecule has 1 saturated heterocycles. The van der Waals surface area contributed by atoms with E-state index >= 15 is 0 Å². The first kappa shape index (κ1) is 21.8. The molecule has 0 bridgehead atoms. The molecular formula is C19H30INO4Si. The van der Waals surface area contributed by atoms with Crippen LogP contribution >= 0.6 is 22.6 Å². The molecule has 0 spiro atoms. The van der Waals surface area contributed by atoms with Gasteiger partial charge in [0.15, 0.2) is 8.32 Å². The van der Waals surface area contributed by atoms with Gasteiger partial charge in [0.1, 0.15) is 12.1 Å². The number of carbonyl (C=O) groups is 1. The Morgan fingerprint density at radius 1 is 1.31 bits per heavy atom. The second kappa shape index (κ2) is 8.68. The van der Waals surface area contributed by atoms with Crippen molar-refractivity contribution < 1.29 is 18.8 Å². The first-order valence-corrected chi connectivity index (χ1v) is 12.9.